The number of carboxylic acid groups (broad SMARTS) is 1. The molecular weight excluding hydrogens is 410 g/mol. The minimum Gasteiger partial charge on any atom is -0.755 e. The van der Waals surface area contributed by atoms with Crippen LogP contribution in [0.25, 0.3) is 10.8 Å². The van der Waals surface area contributed by atoms with Crippen molar-refractivity contribution in [3.05, 3.63) is 108 Å². The van der Waals surface area contributed by atoms with Gasteiger partial charge in [-0.25, -0.2) is 4.79 Å². The van der Waals surface area contributed by atoms with Gasteiger partial charge in [0.05, 0.1) is 28.2 Å². The van der Waals surface area contributed by atoms with E-state index < -0.39 is 17.2 Å². The number of aromatic carboxylic acids is 1. The molecule has 0 bridgehead atoms. The van der Waals surface area contributed by atoms with E-state index in [9.17, 15) is 18.7 Å². The summed E-state index contributed by atoms with van der Waals surface area (Å²) in [5.74, 6) is -0.950. The lowest BCUT2D eigenvalue weighted by molar-refractivity contribution is 0.0695. The van der Waals surface area contributed by atoms with E-state index in [4.69, 9.17) is 0 Å². The number of anilines is 2. The van der Waals surface area contributed by atoms with Crippen LogP contribution in [0.4, 0.5) is 11.4 Å². The molecule has 0 radical (unpaired) electrons. The van der Waals surface area contributed by atoms with Crippen molar-refractivity contribution in [1.82, 2.24) is 0 Å². The highest BCUT2D eigenvalue weighted by atomic mass is 32.2. The van der Waals surface area contributed by atoms with Gasteiger partial charge in [-0.3, -0.25) is 8.51 Å². The normalized spacial score (nSPS) is 11.9. The molecule has 156 valence electrons. The third-order valence-corrected chi connectivity index (χ3v) is 5.91. The lowest BCUT2D eigenvalue weighted by Crippen LogP contribution is -2.19. The van der Waals surface area contributed by atoms with Gasteiger partial charge < -0.3 is 9.66 Å². The summed E-state index contributed by atoms with van der Waals surface area (Å²) in [5.41, 5.74) is 3.05. The monoisotopic (exact) mass is 430 g/mol. The van der Waals surface area contributed by atoms with Crippen LogP contribution in [0, 0.1) is 0 Å². The SMILES string of the molecule is O=C(O)c1ccccc1CCc1cccc(N(c2ccc3ccccc3c2)S(=O)[O-])c1. The highest BCUT2D eigenvalue weighted by Gasteiger charge is 2.13. The molecule has 0 saturated heterocycles. The molecule has 1 unspecified atom stereocenters. The topological polar surface area (TPSA) is 80.7 Å². The maximum atomic E-state index is 12.1. The van der Waals surface area contributed by atoms with Gasteiger partial charge in [0.2, 0.25) is 0 Å². The van der Waals surface area contributed by atoms with Crippen molar-refractivity contribution < 1.29 is 18.7 Å². The third-order valence-electron chi connectivity index (χ3n) is 5.19. The predicted molar refractivity (Wildman–Crippen MR) is 122 cm³/mol. The van der Waals surface area contributed by atoms with Crippen LogP contribution in [0.1, 0.15) is 21.5 Å². The molecule has 4 aromatic rings. The summed E-state index contributed by atoms with van der Waals surface area (Å²) in [7, 11) is 0. The second kappa shape index (κ2) is 9.12. The van der Waals surface area contributed by atoms with E-state index in [0.29, 0.717) is 24.2 Å². The summed E-state index contributed by atoms with van der Waals surface area (Å²) in [6, 6.07) is 27.6. The molecule has 0 aliphatic carbocycles. The summed E-state index contributed by atoms with van der Waals surface area (Å²) < 4.78 is 25.5. The molecule has 1 N–H and O–H groups in total. The molecular formula is C25H20NO4S-. The van der Waals surface area contributed by atoms with Crippen molar-refractivity contribution in [1.29, 1.82) is 0 Å². The number of nitrogens with zero attached hydrogens (tertiary/aromatic N) is 1. The number of aryl methyl sites for hydroxylation is 2. The Bertz CT molecular complexity index is 1270. The first-order valence-electron chi connectivity index (χ1n) is 9.81. The standard InChI is InChI=1S/C25H21NO4S/c27-25(28)24-11-4-3-8-20(24)13-12-18-6-5-10-22(16-18)26(31(29)30)23-15-14-19-7-1-2-9-21(19)17-23/h1-11,14-17H,12-13H2,(H,27,28)(H,29,30)/p-1. The zero-order valence-corrected chi connectivity index (χ0v) is 17.4. The van der Waals surface area contributed by atoms with Gasteiger partial charge in [0.1, 0.15) is 0 Å². The fourth-order valence-corrected chi connectivity index (χ4v) is 4.26. The van der Waals surface area contributed by atoms with E-state index in [0.717, 1.165) is 21.9 Å². The fourth-order valence-electron chi connectivity index (χ4n) is 3.69. The Morgan fingerprint density at radius 2 is 1.52 bits per heavy atom. The van der Waals surface area contributed by atoms with E-state index >= 15 is 0 Å². The van der Waals surface area contributed by atoms with Crippen LogP contribution < -0.4 is 4.31 Å². The minimum absolute atomic E-state index is 0.289. The highest BCUT2D eigenvalue weighted by molar-refractivity contribution is 7.81. The second-order valence-corrected chi connectivity index (χ2v) is 7.97. The molecule has 6 heteroatoms. The van der Waals surface area contributed by atoms with Gasteiger partial charge >= 0.3 is 5.97 Å². The zero-order chi connectivity index (χ0) is 21.8. The first-order valence-corrected chi connectivity index (χ1v) is 10.8. The molecule has 0 fully saturated rings. The minimum atomic E-state index is -2.50. The Morgan fingerprint density at radius 1 is 0.806 bits per heavy atom. The van der Waals surface area contributed by atoms with E-state index in [1.807, 2.05) is 60.7 Å². The number of hydrogen-bond acceptors (Lipinski definition) is 3. The third kappa shape index (κ3) is 4.66. The van der Waals surface area contributed by atoms with E-state index in [-0.39, 0.29) is 5.56 Å². The summed E-state index contributed by atoms with van der Waals surface area (Å²) >= 11 is -2.50. The summed E-state index contributed by atoms with van der Waals surface area (Å²) in [6.07, 6.45) is 1.14. The van der Waals surface area contributed by atoms with Gasteiger partial charge in [-0.05, 0) is 65.1 Å². The van der Waals surface area contributed by atoms with Crippen LogP contribution in [0.3, 0.4) is 0 Å². The largest absolute Gasteiger partial charge is 0.755 e. The second-order valence-electron chi connectivity index (χ2n) is 7.18. The van der Waals surface area contributed by atoms with Crippen molar-refractivity contribution in [2.45, 2.75) is 12.8 Å². The van der Waals surface area contributed by atoms with Gasteiger partial charge in [-0.1, -0.05) is 60.7 Å². The predicted octanol–water partition coefficient (Wildman–Crippen LogP) is 5.26. The molecule has 5 nitrogen and oxygen atoms in total. The van der Waals surface area contributed by atoms with Crippen molar-refractivity contribution in [3.63, 3.8) is 0 Å². The Balaban J connectivity index is 1.62. The molecule has 0 saturated carbocycles. The van der Waals surface area contributed by atoms with Gasteiger partial charge in [0, 0.05) is 0 Å². The first-order chi connectivity index (χ1) is 15.0. The van der Waals surface area contributed by atoms with Crippen molar-refractivity contribution >= 4 is 39.4 Å². The van der Waals surface area contributed by atoms with Crippen LogP contribution >= 0.6 is 0 Å². The van der Waals surface area contributed by atoms with Gasteiger partial charge in [-0.15, -0.1) is 0 Å². The van der Waals surface area contributed by atoms with Crippen LogP contribution in [-0.4, -0.2) is 19.8 Å². The van der Waals surface area contributed by atoms with Gasteiger partial charge in [0.25, 0.3) is 0 Å². The summed E-state index contributed by atoms with van der Waals surface area (Å²) in [6.45, 7) is 0. The summed E-state index contributed by atoms with van der Waals surface area (Å²) in [4.78, 5) is 11.4. The number of carbonyl (C=O) groups is 1. The maximum absolute atomic E-state index is 12.1. The van der Waals surface area contributed by atoms with Crippen molar-refractivity contribution in [2.24, 2.45) is 0 Å². The molecule has 0 spiro atoms. The number of benzene rings is 4. The van der Waals surface area contributed by atoms with Gasteiger partial charge in [0.15, 0.2) is 0 Å². The Hall–Kier alpha value is -3.48. The molecule has 0 amide bonds. The number of carboxylic acids is 1. The maximum Gasteiger partial charge on any atom is 0.335 e. The van der Waals surface area contributed by atoms with E-state index in [1.54, 1.807) is 30.3 Å². The van der Waals surface area contributed by atoms with Crippen LogP contribution in [0.5, 0.6) is 0 Å². The van der Waals surface area contributed by atoms with Crippen molar-refractivity contribution in [2.75, 3.05) is 4.31 Å². The van der Waals surface area contributed by atoms with Crippen LogP contribution in [0.2, 0.25) is 0 Å². The molecule has 0 aromatic heterocycles. The molecule has 4 rings (SSSR count). The van der Waals surface area contributed by atoms with Crippen LogP contribution in [-0.2, 0) is 24.1 Å². The molecule has 31 heavy (non-hydrogen) atoms. The lowest BCUT2D eigenvalue weighted by Gasteiger charge is -2.27. The van der Waals surface area contributed by atoms with E-state index in [1.165, 1.54) is 4.31 Å². The quantitative estimate of drug-likeness (QED) is 0.406. The van der Waals surface area contributed by atoms with Crippen molar-refractivity contribution in [3.8, 4) is 0 Å². The van der Waals surface area contributed by atoms with Crippen LogP contribution in [0.15, 0.2) is 91.0 Å². The Labute approximate surface area is 183 Å². The van der Waals surface area contributed by atoms with Gasteiger partial charge in [-0.2, -0.15) is 0 Å². The molecule has 0 heterocycles. The number of hydrogen-bond donors (Lipinski definition) is 1. The molecule has 0 aliphatic heterocycles. The highest BCUT2D eigenvalue weighted by Crippen LogP contribution is 2.30. The Morgan fingerprint density at radius 3 is 2.29 bits per heavy atom. The average molecular weight is 431 g/mol. The first kappa shape index (κ1) is 20.8. The number of fused-ring (bicyclic) bond motifs is 1. The fraction of sp³-hybridized carbons (Fsp3) is 0.0800. The van der Waals surface area contributed by atoms with E-state index in [2.05, 4.69) is 0 Å². The number of rotatable bonds is 7. The molecule has 4 aromatic carbocycles. The molecule has 0 aliphatic rings. The Kier molecular flexibility index (Phi) is 6.11. The summed E-state index contributed by atoms with van der Waals surface area (Å²) in [5, 5.41) is 11.4. The average Bonchev–Trinajstić information content (AvgIpc) is 2.78. The lowest BCUT2D eigenvalue weighted by atomic mass is 9.99. The molecule has 1 atom stereocenters. The smallest absolute Gasteiger partial charge is 0.335 e. The zero-order valence-electron chi connectivity index (χ0n) is 16.6.